The van der Waals surface area contributed by atoms with Crippen LogP contribution in [0.2, 0.25) is 0 Å². The summed E-state index contributed by atoms with van der Waals surface area (Å²) in [5, 5.41) is 9.11. The van der Waals surface area contributed by atoms with Crippen molar-refractivity contribution in [3.63, 3.8) is 0 Å². The molecule has 0 atom stereocenters. The number of ether oxygens (including phenoxy) is 1. The first-order valence-electron chi connectivity index (χ1n) is 7.83. The fraction of sp³-hybridized carbons (Fsp3) is 0.647. The van der Waals surface area contributed by atoms with Gasteiger partial charge < -0.3 is 14.7 Å². The van der Waals surface area contributed by atoms with Crippen molar-refractivity contribution in [2.45, 2.75) is 25.7 Å². The van der Waals surface area contributed by atoms with Crippen LogP contribution in [0.25, 0.3) is 0 Å². The standard InChI is InChI=1S/C17H27NO2/c19-15-17-7-11-18(12-8-17)10-4-13-20-14-9-16-5-2-1-3-6-16/h1-3,5-6,17,19H,4,7-15H2. The first kappa shape index (κ1) is 15.5. The van der Waals surface area contributed by atoms with Gasteiger partial charge in [-0.3, -0.25) is 0 Å². The Morgan fingerprint density at radius 3 is 2.55 bits per heavy atom. The van der Waals surface area contributed by atoms with Gasteiger partial charge in [-0.25, -0.2) is 0 Å². The Morgan fingerprint density at radius 1 is 1.10 bits per heavy atom. The van der Waals surface area contributed by atoms with Crippen LogP contribution in [0.3, 0.4) is 0 Å². The molecule has 1 heterocycles. The average molecular weight is 277 g/mol. The van der Waals surface area contributed by atoms with Crippen molar-refractivity contribution >= 4 is 0 Å². The van der Waals surface area contributed by atoms with Crippen LogP contribution in [0.1, 0.15) is 24.8 Å². The molecule has 1 aromatic carbocycles. The highest BCUT2D eigenvalue weighted by atomic mass is 16.5. The maximum absolute atomic E-state index is 9.11. The third-order valence-corrected chi connectivity index (χ3v) is 4.11. The summed E-state index contributed by atoms with van der Waals surface area (Å²) in [6.45, 7) is 5.42. The second-order valence-electron chi connectivity index (χ2n) is 5.67. The summed E-state index contributed by atoms with van der Waals surface area (Å²) in [6, 6.07) is 10.5. The van der Waals surface area contributed by atoms with E-state index in [1.165, 1.54) is 5.56 Å². The molecule has 0 saturated carbocycles. The third-order valence-electron chi connectivity index (χ3n) is 4.11. The molecule has 0 spiro atoms. The zero-order valence-electron chi connectivity index (χ0n) is 12.3. The van der Waals surface area contributed by atoms with Gasteiger partial charge in [0.15, 0.2) is 0 Å². The quantitative estimate of drug-likeness (QED) is 0.740. The van der Waals surface area contributed by atoms with Gasteiger partial charge in [-0.2, -0.15) is 0 Å². The van der Waals surface area contributed by atoms with E-state index >= 15 is 0 Å². The summed E-state index contributed by atoms with van der Waals surface area (Å²) >= 11 is 0. The first-order valence-corrected chi connectivity index (χ1v) is 7.83. The van der Waals surface area contributed by atoms with Crippen LogP contribution in [0.15, 0.2) is 30.3 Å². The predicted octanol–water partition coefficient (Wildman–Crippen LogP) is 2.34. The Morgan fingerprint density at radius 2 is 1.85 bits per heavy atom. The van der Waals surface area contributed by atoms with Crippen molar-refractivity contribution in [2.75, 3.05) is 39.5 Å². The summed E-state index contributed by atoms with van der Waals surface area (Å²) in [5.41, 5.74) is 1.35. The molecule has 1 N–H and O–H groups in total. The van der Waals surface area contributed by atoms with Crippen LogP contribution < -0.4 is 0 Å². The normalized spacial score (nSPS) is 17.4. The van der Waals surface area contributed by atoms with Gasteiger partial charge in [0.2, 0.25) is 0 Å². The second kappa shape index (κ2) is 9.11. The Labute approximate surface area is 122 Å². The SMILES string of the molecule is OCC1CCN(CCCOCCc2ccccc2)CC1. The fourth-order valence-corrected chi connectivity index (χ4v) is 2.72. The maximum Gasteiger partial charge on any atom is 0.0506 e. The van der Waals surface area contributed by atoms with Crippen molar-refractivity contribution in [3.05, 3.63) is 35.9 Å². The molecule has 1 aliphatic rings. The number of aliphatic hydroxyl groups excluding tert-OH is 1. The van der Waals surface area contributed by atoms with Crippen molar-refractivity contribution in [1.82, 2.24) is 4.90 Å². The van der Waals surface area contributed by atoms with Gasteiger partial charge in [0.05, 0.1) is 6.61 Å². The number of nitrogens with zero attached hydrogens (tertiary/aromatic N) is 1. The van der Waals surface area contributed by atoms with Crippen LogP contribution in [0.5, 0.6) is 0 Å². The highest BCUT2D eigenvalue weighted by molar-refractivity contribution is 5.14. The van der Waals surface area contributed by atoms with Crippen LogP contribution in [-0.2, 0) is 11.2 Å². The number of hydrogen-bond acceptors (Lipinski definition) is 3. The minimum Gasteiger partial charge on any atom is -0.396 e. The van der Waals surface area contributed by atoms with E-state index in [1.54, 1.807) is 0 Å². The molecule has 1 fully saturated rings. The topological polar surface area (TPSA) is 32.7 Å². The van der Waals surface area contributed by atoms with E-state index in [-0.39, 0.29) is 0 Å². The van der Waals surface area contributed by atoms with Crippen molar-refractivity contribution in [3.8, 4) is 0 Å². The number of likely N-dealkylation sites (tertiary alicyclic amines) is 1. The molecule has 0 aliphatic carbocycles. The highest BCUT2D eigenvalue weighted by Gasteiger charge is 2.17. The largest absolute Gasteiger partial charge is 0.396 e. The lowest BCUT2D eigenvalue weighted by atomic mass is 9.98. The number of aliphatic hydroxyl groups is 1. The summed E-state index contributed by atoms with van der Waals surface area (Å²) in [6.07, 6.45) is 4.40. The van der Waals surface area contributed by atoms with E-state index in [2.05, 4.69) is 29.2 Å². The molecule has 20 heavy (non-hydrogen) atoms. The van der Waals surface area contributed by atoms with Crippen molar-refractivity contribution in [2.24, 2.45) is 5.92 Å². The molecule has 2 rings (SSSR count). The van der Waals surface area contributed by atoms with E-state index < -0.39 is 0 Å². The Balaban J connectivity index is 1.46. The molecule has 0 unspecified atom stereocenters. The Bertz CT molecular complexity index is 347. The van der Waals surface area contributed by atoms with E-state index in [9.17, 15) is 0 Å². The lowest BCUT2D eigenvalue weighted by molar-refractivity contribution is 0.102. The summed E-state index contributed by atoms with van der Waals surface area (Å²) in [5.74, 6) is 0.536. The minimum atomic E-state index is 0.358. The summed E-state index contributed by atoms with van der Waals surface area (Å²) in [4.78, 5) is 2.49. The smallest absolute Gasteiger partial charge is 0.0506 e. The van der Waals surface area contributed by atoms with Crippen LogP contribution in [-0.4, -0.2) is 49.5 Å². The molecule has 0 bridgehead atoms. The second-order valence-corrected chi connectivity index (χ2v) is 5.67. The van der Waals surface area contributed by atoms with Gasteiger partial charge in [0.1, 0.15) is 0 Å². The number of hydrogen-bond donors (Lipinski definition) is 1. The van der Waals surface area contributed by atoms with Crippen molar-refractivity contribution < 1.29 is 9.84 Å². The lowest BCUT2D eigenvalue weighted by Crippen LogP contribution is -2.35. The molecule has 3 nitrogen and oxygen atoms in total. The van der Waals surface area contributed by atoms with Crippen molar-refractivity contribution in [1.29, 1.82) is 0 Å². The minimum absolute atomic E-state index is 0.358. The van der Waals surface area contributed by atoms with Crippen LogP contribution in [0, 0.1) is 5.92 Å². The monoisotopic (exact) mass is 277 g/mol. The van der Waals surface area contributed by atoms with Crippen LogP contribution in [0.4, 0.5) is 0 Å². The summed E-state index contributed by atoms with van der Waals surface area (Å²) < 4.78 is 5.70. The molecule has 0 radical (unpaired) electrons. The average Bonchev–Trinajstić information content (AvgIpc) is 2.52. The van der Waals surface area contributed by atoms with E-state index in [1.807, 2.05) is 6.07 Å². The van der Waals surface area contributed by atoms with Gasteiger partial charge in [-0.15, -0.1) is 0 Å². The zero-order chi connectivity index (χ0) is 14.0. The zero-order valence-corrected chi connectivity index (χ0v) is 12.3. The molecule has 3 heteroatoms. The lowest BCUT2D eigenvalue weighted by Gasteiger charge is -2.30. The molecular weight excluding hydrogens is 250 g/mol. The van der Waals surface area contributed by atoms with Gasteiger partial charge in [0, 0.05) is 19.8 Å². The molecule has 1 aliphatic heterocycles. The summed E-state index contributed by atoms with van der Waals surface area (Å²) in [7, 11) is 0. The molecule has 0 aromatic heterocycles. The Kier molecular flexibility index (Phi) is 7.06. The fourth-order valence-electron chi connectivity index (χ4n) is 2.72. The maximum atomic E-state index is 9.11. The number of benzene rings is 1. The van der Waals surface area contributed by atoms with Gasteiger partial charge in [-0.05, 0) is 50.3 Å². The molecule has 112 valence electrons. The molecule has 0 amide bonds. The van der Waals surface area contributed by atoms with E-state index in [4.69, 9.17) is 9.84 Å². The van der Waals surface area contributed by atoms with E-state index in [0.717, 1.165) is 58.5 Å². The molecule has 1 saturated heterocycles. The van der Waals surface area contributed by atoms with E-state index in [0.29, 0.717) is 12.5 Å². The Hall–Kier alpha value is -0.900. The number of piperidine rings is 1. The van der Waals surface area contributed by atoms with Gasteiger partial charge in [0.25, 0.3) is 0 Å². The predicted molar refractivity (Wildman–Crippen MR) is 81.8 cm³/mol. The molecular formula is C17H27NO2. The highest BCUT2D eigenvalue weighted by Crippen LogP contribution is 2.16. The van der Waals surface area contributed by atoms with Gasteiger partial charge >= 0.3 is 0 Å². The first-order chi connectivity index (χ1) is 9.88. The van der Waals surface area contributed by atoms with Gasteiger partial charge in [-0.1, -0.05) is 30.3 Å². The van der Waals surface area contributed by atoms with Crippen LogP contribution >= 0.6 is 0 Å². The molecule has 1 aromatic rings. The number of rotatable bonds is 8. The third kappa shape index (κ3) is 5.61.